The lowest BCUT2D eigenvalue weighted by atomic mass is 10.0. The highest BCUT2D eigenvalue weighted by Crippen LogP contribution is 2.30. The number of nitrogens with zero attached hydrogens (tertiary/aromatic N) is 2. The third-order valence-corrected chi connectivity index (χ3v) is 5.86. The van der Waals surface area contributed by atoms with E-state index in [-0.39, 0.29) is 43.1 Å². The van der Waals surface area contributed by atoms with E-state index in [9.17, 15) is 27.6 Å². The normalized spacial score (nSPS) is 20.5. The van der Waals surface area contributed by atoms with Crippen LogP contribution < -0.4 is 5.32 Å². The molecule has 0 aliphatic carbocycles. The minimum Gasteiger partial charge on any atom is -0.344 e. The van der Waals surface area contributed by atoms with Gasteiger partial charge in [0.2, 0.25) is 17.7 Å². The van der Waals surface area contributed by atoms with Crippen molar-refractivity contribution in [3.05, 3.63) is 35.4 Å². The lowest BCUT2D eigenvalue weighted by Crippen LogP contribution is -2.52. The number of hydrogen-bond acceptors (Lipinski definition) is 3. The zero-order valence-electron chi connectivity index (χ0n) is 17.7. The maximum absolute atomic E-state index is 12.9. The first-order chi connectivity index (χ1) is 14.6. The highest BCUT2D eigenvalue weighted by Gasteiger charge is 2.38. The van der Waals surface area contributed by atoms with Crippen LogP contribution >= 0.6 is 0 Å². The molecule has 1 aromatic carbocycles. The van der Waals surface area contributed by atoms with Crippen LogP contribution in [-0.4, -0.2) is 53.2 Å². The number of carbonyl (C=O) groups excluding carboxylic acids is 3. The predicted molar refractivity (Wildman–Crippen MR) is 108 cm³/mol. The topological polar surface area (TPSA) is 69.7 Å². The minimum absolute atomic E-state index is 0.00680. The molecule has 3 amide bonds. The van der Waals surface area contributed by atoms with E-state index >= 15 is 0 Å². The average Bonchev–Trinajstić information content (AvgIpc) is 3.35. The van der Waals surface area contributed by atoms with Crippen LogP contribution in [-0.2, 0) is 27.1 Å². The molecule has 9 heteroatoms. The van der Waals surface area contributed by atoms with Crippen LogP contribution in [0.5, 0.6) is 0 Å². The number of amides is 3. The number of alkyl halides is 3. The van der Waals surface area contributed by atoms with Gasteiger partial charge in [0, 0.05) is 32.6 Å². The minimum atomic E-state index is -4.46. The molecular formula is C22H28F3N3O3. The van der Waals surface area contributed by atoms with Crippen molar-refractivity contribution in [1.82, 2.24) is 15.1 Å². The first-order valence-electron chi connectivity index (χ1n) is 10.6. The molecule has 2 atom stereocenters. The van der Waals surface area contributed by atoms with Gasteiger partial charge in [0.25, 0.3) is 0 Å². The molecule has 2 aliphatic heterocycles. The van der Waals surface area contributed by atoms with Gasteiger partial charge in [0.05, 0.1) is 11.5 Å². The van der Waals surface area contributed by atoms with Crippen LogP contribution in [0.1, 0.15) is 44.2 Å². The Labute approximate surface area is 179 Å². The third-order valence-electron chi connectivity index (χ3n) is 5.86. The van der Waals surface area contributed by atoms with Crippen molar-refractivity contribution in [2.24, 2.45) is 11.8 Å². The van der Waals surface area contributed by atoms with E-state index in [4.69, 9.17) is 0 Å². The number of benzene rings is 1. The highest BCUT2D eigenvalue weighted by molar-refractivity contribution is 5.92. The zero-order valence-corrected chi connectivity index (χ0v) is 17.7. The van der Waals surface area contributed by atoms with Gasteiger partial charge in [-0.05, 0) is 36.5 Å². The van der Waals surface area contributed by atoms with Crippen molar-refractivity contribution < 1.29 is 27.6 Å². The second-order valence-electron chi connectivity index (χ2n) is 8.64. The van der Waals surface area contributed by atoms with Gasteiger partial charge in [0.15, 0.2) is 0 Å². The van der Waals surface area contributed by atoms with E-state index in [1.165, 1.54) is 17.0 Å². The Morgan fingerprint density at radius 3 is 2.48 bits per heavy atom. The molecule has 1 aromatic rings. The smallest absolute Gasteiger partial charge is 0.344 e. The summed E-state index contributed by atoms with van der Waals surface area (Å²) in [6, 6.07) is 4.18. The van der Waals surface area contributed by atoms with Gasteiger partial charge in [-0.1, -0.05) is 26.0 Å². The number of rotatable bonds is 6. The van der Waals surface area contributed by atoms with Crippen LogP contribution in [0.2, 0.25) is 0 Å². The van der Waals surface area contributed by atoms with Crippen molar-refractivity contribution in [3.8, 4) is 0 Å². The lowest BCUT2D eigenvalue weighted by molar-refractivity contribution is -0.138. The molecule has 0 bridgehead atoms. The van der Waals surface area contributed by atoms with Crippen LogP contribution in [0.25, 0.3) is 0 Å². The second kappa shape index (κ2) is 9.28. The maximum Gasteiger partial charge on any atom is 0.416 e. The van der Waals surface area contributed by atoms with Crippen LogP contribution in [0.15, 0.2) is 24.3 Å². The van der Waals surface area contributed by atoms with Gasteiger partial charge in [-0.2, -0.15) is 13.2 Å². The summed E-state index contributed by atoms with van der Waals surface area (Å²) >= 11 is 0. The molecule has 0 radical (unpaired) electrons. The molecule has 6 nitrogen and oxygen atoms in total. The van der Waals surface area contributed by atoms with Gasteiger partial charge in [0.1, 0.15) is 6.04 Å². The van der Waals surface area contributed by atoms with Gasteiger partial charge < -0.3 is 15.1 Å². The molecule has 2 saturated heterocycles. The largest absolute Gasteiger partial charge is 0.416 e. The standard InChI is InChI=1S/C22H28F3N3O3/c1-14(2)19(21(31)27-8-3-4-9-27)26-20(30)16-11-18(29)28(13-16)12-15-6-5-7-17(10-15)22(23,24)25/h5-7,10,14,16,19H,3-4,8-9,11-13H2,1-2H3,(H,26,30)/t16?,19-/m0/s1. The van der Waals surface area contributed by atoms with Crippen molar-refractivity contribution in [3.63, 3.8) is 0 Å². The Morgan fingerprint density at radius 1 is 1.19 bits per heavy atom. The molecule has 2 fully saturated rings. The molecule has 0 spiro atoms. The van der Waals surface area contributed by atoms with Gasteiger partial charge in [-0.3, -0.25) is 14.4 Å². The SMILES string of the molecule is CC(C)[C@H](NC(=O)C1CC(=O)N(Cc2cccc(C(F)(F)F)c2)C1)C(=O)N1CCCC1. The van der Waals surface area contributed by atoms with E-state index in [0.29, 0.717) is 18.7 Å². The maximum atomic E-state index is 12.9. The summed E-state index contributed by atoms with van der Waals surface area (Å²) in [4.78, 5) is 41.1. The van der Waals surface area contributed by atoms with Crippen molar-refractivity contribution in [2.75, 3.05) is 19.6 Å². The summed E-state index contributed by atoms with van der Waals surface area (Å²) in [5.74, 6) is -1.50. The molecule has 2 aliphatic rings. The third kappa shape index (κ3) is 5.57. The first-order valence-corrected chi connectivity index (χ1v) is 10.6. The monoisotopic (exact) mass is 439 g/mol. The number of halogens is 3. The second-order valence-corrected chi connectivity index (χ2v) is 8.64. The summed E-state index contributed by atoms with van der Waals surface area (Å²) in [6.07, 6.45) is -2.58. The van der Waals surface area contributed by atoms with Gasteiger partial charge in [-0.25, -0.2) is 0 Å². The highest BCUT2D eigenvalue weighted by atomic mass is 19.4. The zero-order chi connectivity index (χ0) is 22.8. The summed E-state index contributed by atoms with van der Waals surface area (Å²) in [5.41, 5.74) is -0.417. The number of carbonyl (C=O) groups is 3. The number of hydrogen-bond donors (Lipinski definition) is 1. The van der Waals surface area contributed by atoms with Crippen molar-refractivity contribution in [2.45, 2.75) is 51.9 Å². The predicted octanol–water partition coefficient (Wildman–Crippen LogP) is 2.82. The molecule has 31 heavy (non-hydrogen) atoms. The van der Waals surface area contributed by atoms with Crippen LogP contribution in [0, 0.1) is 11.8 Å². The van der Waals surface area contributed by atoms with Crippen LogP contribution in [0.4, 0.5) is 13.2 Å². The van der Waals surface area contributed by atoms with E-state index in [0.717, 1.165) is 25.0 Å². The molecule has 170 valence electrons. The average molecular weight is 439 g/mol. The van der Waals surface area contributed by atoms with E-state index < -0.39 is 23.7 Å². The molecule has 1 unspecified atom stereocenters. The first kappa shape index (κ1) is 23.1. The Balaban J connectivity index is 1.62. The Morgan fingerprint density at radius 2 is 1.87 bits per heavy atom. The molecule has 1 N–H and O–H groups in total. The molecule has 0 aromatic heterocycles. The fraction of sp³-hybridized carbons (Fsp3) is 0.591. The van der Waals surface area contributed by atoms with E-state index in [1.807, 2.05) is 13.8 Å². The fourth-order valence-electron chi connectivity index (χ4n) is 4.09. The fourth-order valence-corrected chi connectivity index (χ4v) is 4.09. The van der Waals surface area contributed by atoms with E-state index in [2.05, 4.69) is 5.32 Å². The van der Waals surface area contributed by atoms with Gasteiger partial charge >= 0.3 is 6.18 Å². The summed E-state index contributed by atoms with van der Waals surface area (Å²) in [7, 11) is 0. The Hall–Kier alpha value is -2.58. The quantitative estimate of drug-likeness (QED) is 0.741. The lowest BCUT2D eigenvalue weighted by Gasteiger charge is -2.27. The molecule has 2 heterocycles. The summed E-state index contributed by atoms with van der Waals surface area (Å²) < 4.78 is 38.8. The summed E-state index contributed by atoms with van der Waals surface area (Å²) in [6.45, 7) is 5.21. The molecule has 0 saturated carbocycles. The van der Waals surface area contributed by atoms with Crippen LogP contribution in [0.3, 0.4) is 0 Å². The van der Waals surface area contributed by atoms with E-state index in [1.54, 1.807) is 4.90 Å². The number of nitrogens with one attached hydrogen (secondary N) is 1. The van der Waals surface area contributed by atoms with Crippen molar-refractivity contribution in [1.29, 1.82) is 0 Å². The number of likely N-dealkylation sites (tertiary alicyclic amines) is 2. The van der Waals surface area contributed by atoms with Gasteiger partial charge in [-0.15, -0.1) is 0 Å². The molecular weight excluding hydrogens is 411 g/mol. The Bertz CT molecular complexity index is 835. The molecule has 3 rings (SSSR count). The Kier molecular flexibility index (Phi) is 6.91. The van der Waals surface area contributed by atoms with Crippen molar-refractivity contribution >= 4 is 17.7 Å². The summed E-state index contributed by atoms with van der Waals surface area (Å²) in [5, 5.41) is 2.81.